The molecule has 0 radical (unpaired) electrons. The molecular weight excluding hydrogens is 276 g/mol. The number of ether oxygens (including phenoxy) is 1. The van der Waals surface area contributed by atoms with Gasteiger partial charge in [0.1, 0.15) is 0 Å². The number of hydrogen-bond acceptors (Lipinski definition) is 4. The summed E-state index contributed by atoms with van der Waals surface area (Å²) in [5, 5.41) is 4.66. The van der Waals surface area contributed by atoms with Gasteiger partial charge in [-0.05, 0) is 32.4 Å². The summed E-state index contributed by atoms with van der Waals surface area (Å²) in [4.78, 5) is 6.85. The van der Waals surface area contributed by atoms with Crippen molar-refractivity contribution in [1.82, 2.24) is 19.7 Å². The molecule has 0 aliphatic carbocycles. The Hall–Kier alpha value is -1.72. The Morgan fingerprint density at radius 1 is 1.32 bits per heavy atom. The van der Waals surface area contributed by atoms with Gasteiger partial charge in [-0.3, -0.25) is 14.6 Å². The molecule has 2 aromatic rings. The Morgan fingerprint density at radius 2 is 2.18 bits per heavy atom. The van der Waals surface area contributed by atoms with Crippen LogP contribution < -0.4 is 0 Å². The van der Waals surface area contributed by atoms with Crippen molar-refractivity contribution in [3.8, 4) is 0 Å². The van der Waals surface area contributed by atoms with Crippen LogP contribution in [0.1, 0.15) is 36.5 Å². The minimum absolute atomic E-state index is 0.238. The van der Waals surface area contributed by atoms with Gasteiger partial charge in [0.2, 0.25) is 0 Å². The number of aryl methyl sites for hydroxylation is 1. The molecule has 0 bridgehead atoms. The van der Waals surface area contributed by atoms with Crippen molar-refractivity contribution in [2.24, 2.45) is 7.05 Å². The molecule has 0 aromatic carbocycles. The van der Waals surface area contributed by atoms with Gasteiger partial charge in [0.25, 0.3) is 0 Å². The van der Waals surface area contributed by atoms with Gasteiger partial charge in [0.05, 0.1) is 29.8 Å². The molecule has 0 atom stereocenters. The summed E-state index contributed by atoms with van der Waals surface area (Å²) in [6.45, 7) is 7.60. The van der Waals surface area contributed by atoms with Crippen molar-refractivity contribution < 1.29 is 4.74 Å². The van der Waals surface area contributed by atoms with Crippen LogP contribution in [0.2, 0.25) is 0 Å². The van der Waals surface area contributed by atoms with Crippen LogP contribution in [-0.4, -0.2) is 32.3 Å². The van der Waals surface area contributed by atoms with E-state index in [0.717, 1.165) is 37.4 Å². The highest BCUT2D eigenvalue weighted by Crippen LogP contribution is 2.23. The molecule has 0 unspecified atom stereocenters. The monoisotopic (exact) mass is 300 g/mol. The van der Waals surface area contributed by atoms with Crippen LogP contribution >= 0.6 is 0 Å². The van der Waals surface area contributed by atoms with Crippen molar-refractivity contribution >= 4 is 0 Å². The summed E-state index contributed by atoms with van der Waals surface area (Å²) >= 11 is 0. The summed E-state index contributed by atoms with van der Waals surface area (Å²) in [5.41, 5.74) is 4.91. The largest absolute Gasteiger partial charge is 0.372 e. The van der Waals surface area contributed by atoms with E-state index in [4.69, 9.17) is 4.74 Å². The van der Waals surface area contributed by atoms with Crippen molar-refractivity contribution in [1.29, 1.82) is 0 Å². The lowest BCUT2D eigenvalue weighted by Gasteiger charge is -2.27. The molecule has 5 nitrogen and oxygen atoms in total. The molecule has 2 aromatic heterocycles. The third-order valence-electron chi connectivity index (χ3n) is 4.07. The standard InChI is InChI=1S/C17H24N4O/c1-13(2)22-12-16-15-7-9-21(11-17(15)20(3)19-16)10-14-6-4-5-8-18-14/h4-6,8,13H,7,9-12H2,1-3H3. The summed E-state index contributed by atoms with van der Waals surface area (Å²) in [5.74, 6) is 0. The van der Waals surface area contributed by atoms with E-state index in [9.17, 15) is 0 Å². The first kappa shape index (κ1) is 15.2. The summed E-state index contributed by atoms with van der Waals surface area (Å²) in [6.07, 6.45) is 3.13. The second-order valence-corrected chi connectivity index (χ2v) is 6.14. The summed E-state index contributed by atoms with van der Waals surface area (Å²) in [7, 11) is 2.03. The minimum atomic E-state index is 0.238. The van der Waals surface area contributed by atoms with Crippen LogP contribution in [0.25, 0.3) is 0 Å². The number of hydrogen-bond donors (Lipinski definition) is 0. The number of fused-ring (bicyclic) bond motifs is 1. The third kappa shape index (κ3) is 3.36. The number of aromatic nitrogens is 3. The molecule has 22 heavy (non-hydrogen) atoms. The molecule has 0 N–H and O–H groups in total. The quantitative estimate of drug-likeness (QED) is 0.850. The average molecular weight is 300 g/mol. The van der Waals surface area contributed by atoms with Crippen molar-refractivity contribution in [3.63, 3.8) is 0 Å². The number of nitrogens with zero attached hydrogens (tertiary/aromatic N) is 4. The van der Waals surface area contributed by atoms with Crippen molar-refractivity contribution in [2.75, 3.05) is 6.54 Å². The fourth-order valence-electron chi connectivity index (χ4n) is 2.93. The molecule has 1 aliphatic rings. The summed E-state index contributed by atoms with van der Waals surface area (Å²) in [6, 6.07) is 6.09. The van der Waals surface area contributed by atoms with Gasteiger partial charge in [0, 0.05) is 38.4 Å². The maximum Gasteiger partial charge on any atom is 0.0917 e. The first-order chi connectivity index (χ1) is 10.6. The predicted molar refractivity (Wildman–Crippen MR) is 85.2 cm³/mol. The van der Waals surface area contributed by atoms with Crippen LogP contribution in [0, 0.1) is 0 Å². The van der Waals surface area contributed by atoms with Crippen LogP contribution in [0.15, 0.2) is 24.4 Å². The van der Waals surface area contributed by atoms with Crippen LogP contribution in [0.5, 0.6) is 0 Å². The number of pyridine rings is 1. The molecule has 0 amide bonds. The smallest absolute Gasteiger partial charge is 0.0917 e. The average Bonchev–Trinajstić information content (AvgIpc) is 2.82. The first-order valence-electron chi connectivity index (χ1n) is 7.91. The van der Waals surface area contributed by atoms with E-state index in [-0.39, 0.29) is 6.10 Å². The lowest BCUT2D eigenvalue weighted by Crippen LogP contribution is -2.31. The third-order valence-corrected chi connectivity index (χ3v) is 4.07. The molecule has 0 fully saturated rings. The zero-order chi connectivity index (χ0) is 15.5. The molecule has 118 valence electrons. The van der Waals surface area contributed by atoms with Crippen molar-refractivity contribution in [2.45, 2.75) is 46.1 Å². The van der Waals surface area contributed by atoms with Gasteiger partial charge < -0.3 is 4.74 Å². The van der Waals surface area contributed by atoms with E-state index < -0.39 is 0 Å². The Balaban J connectivity index is 1.70. The topological polar surface area (TPSA) is 43.2 Å². The van der Waals surface area contributed by atoms with Crippen molar-refractivity contribution in [3.05, 3.63) is 47.0 Å². The van der Waals surface area contributed by atoms with E-state index in [2.05, 4.69) is 34.9 Å². The van der Waals surface area contributed by atoms with E-state index in [1.165, 1.54) is 11.3 Å². The highest BCUT2D eigenvalue weighted by molar-refractivity contribution is 5.28. The maximum atomic E-state index is 5.73. The molecule has 0 saturated heterocycles. The minimum Gasteiger partial charge on any atom is -0.372 e. The van der Waals surface area contributed by atoms with Gasteiger partial charge >= 0.3 is 0 Å². The van der Waals surface area contributed by atoms with Crippen LogP contribution in [0.4, 0.5) is 0 Å². The lowest BCUT2D eigenvalue weighted by atomic mass is 10.0. The molecule has 0 spiro atoms. The van der Waals surface area contributed by atoms with E-state index in [1.54, 1.807) is 0 Å². The van der Waals surface area contributed by atoms with E-state index in [0.29, 0.717) is 6.61 Å². The van der Waals surface area contributed by atoms with E-state index >= 15 is 0 Å². The molecular formula is C17H24N4O. The molecule has 3 heterocycles. The highest BCUT2D eigenvalue weighted by Gasteiger charge is 2.24. The Bertz CT molecular complexity index is 621. The van der Waals surface area contributed by atoms with Gasteiger partial charge in [-0.2, -0.15) is 5.10 Å². The van der Waals surface area contributed by atoms with Gasteiger partial charge in [-0.25, -0.2) is 0 Å². The molecule has 0 saturated carbocycles. The Morgan fingerprint density at radius 3 is 2.91 bits per heavy atom. The second-order valence-electron chi connectivity index (χ2n) is 6.14. The fraction of sp³-hybridized carbons (Fsp3) is 0.529. The van der Waals surface area contributed by atoms with Gasteiger partial charge in [-0.1, -0.05) is 6.07 Å². The van der Waals surface area contributed by atoms with Crippen LogP contribution in [0.3, 0.4) is 0 Å². The first-order valence-corrected chi connectivity index (χ1v) is 7.91. The SMILES string of the molecule is CC(C)OCc1nn(C)c2c1CCN(Cc1ccccn1)C2. The highest BCUT2D eigenvalue weighted by atomic mass is 16.5. The Kier molecular flexibility index (Phi) is 4.55. The second kappa shape index (κ2) is 6.58. The Labute approximate surface area is 131 Å². The normalized spacial score (nSPS) is 15.3. The molecule has 5 heteroatoms. The fourth-order valence-corrected chi connectivity index (χ4v) is 2.93. The van der Waals surface area contributed by atoms with Crippen LogP contribution in [-0.2, 0) is 37.9 Å². The zero-order valence-electron chi connectivity index (χ0n) is 13.6. The lowest BCUT2D eigenvalue weighted by molar-refractivity contribution is 0.0627. The predicted octanol–water partition coefficient (Wildman–Crippen LogP) is 2.30. The number of rotatable bonds is 5. The van der Waals surface area contributed by atoms with Gasteiger partial charge in [-0.15, -0.1) is 0 Å². The zero-order valence-corrected chi connectivity index (χ0v) is 13.6. The summed E-state index contributed by atoms with van der Waals surface area (Å²) < 4.78 is 7.74. The maximum absolute atomic E-state index is 5.73. The van der Waals surface area contributed by atoms with E-state index in [1.807, 2.05) is 30.1 Å². The molecule has 1 aliphatic heterocycles. The van der Waals surface area contributed by atoms with Gasteiger partial charge in [0.15, 0.2) is 0 Å². The molecule has 3 rings (SSSR count).